The molecule has 2 aromatic heterocycles. The molecule has 4 aromatic rings. The van der Waals surface area contributed by atoms with E-state index < -0.39 is 0 Å². The van der Waals surface area contributed by atoms with Gasteiger partial charge in [-0.1, -0.05) is 6.07 Å². The number of aromatic nitrogens is 3. The van der Waals surface area contributed by atoms with Gasteiger partial charge in [0.05, 0.1) is 24.2 Å². The lowest BCUT2D eigenvalue weighted by atomic mass is 10.1. The van der Waals surface area contributed by atoms with Gasteiger partial charge in [-0.3, -0.25) is 4.90 Å². The first-order valence-corrected chi connectivity index (χ1v) is 11.1. The monoisotopic (exact) mass is 462 g/mol. The van der Waals surface area contributed by atoms with Gasteiger partial charge in [0.2, 0.25) is 5.95 Å². The fourth-order valence-electron chi connectivity index (χ4n) is 4.05. The number of nitrogens with one attached hydrogen (secondary N) is 4. The highest BCUT2D eigenvalue weighted by atomic mass is 19.1. The van der Waals surface area contributed by atoms with Crippen LogP contribution in [0, 0.1) is 0 Å². The number of hydrogen-bond donors (Lipinski definition) is 5. The zero-order chi connectivity index (χ0) is 23.5. The summed E-state index contributed by atoms with van der Waals surface area (Å²) >= 11 is 0. The summed E-state index contributed by atoms with van der Waals surface area (Å²) in [5.74, 6) is 1.73. The number of anilines is 6. The van der Waals surface area contributed by atoms with Gasteiger partial charge >= 0.3 is 0 Å². The van der Waals surface area contributed by atoms with Crippen LogP contribution in [0.5, 0.6) is 5.75 Å². The van der Waals surface area contributed by atoms with E-state index in [1.165, 1.54) is 0 Å². The molecular weight excluding hydrogens is 435 g/mol. The van der Waals surface area contributed by atoms with Gasteiger partial charge in [-0.05, 0) is 36.4 Å². The normalized spacial score (nSPS) is 14.1. The number of ether oxygens (including phenoxy) is 1. The molecule has 5 rings (SSSR count). The van der Waals surface area contributed by atoms with Crippen molar-refractivity contribution in [3.05, 3.63) is 54.7 Å². The maximum absolute atomic E-state index is 12.5. The first kappa shape index (κ1) is 21.8. The molecule has 0 spiro atoms. The average molecular weight is 463 g/mol. The fraction of sp³-hybridized carbons (Fsp3) is 0.250. The number of nitrogen functional groups attached to an aromatic ring is 1. The second-order valence-electron chi connectivity index (χ2n) is 8.22. The minimum Gasteiger partial charge on any atom is -0.494 e. The Balaban J connectivity index is 1.35. The van der Waals surface area contributed by atoms with E-state index >= 15 is 0 Å². The third-order valence-electron chi connectivity index (χ3n) is 5.74. The SMILES string of the molecule is COc1cc(NC2CN(CCF)C2)ccc1Nc1nc(Nc2cccc(N)c2)c2cc[nH]c2n1. The quantitative estimate of drug-likeness (QED) is 0.236. The van der Waals surface area contributed by atoms with Crippen LogP contribution < -0.4 is 26.4 Å². The van der Waals surface area contributed by atoms with Crippen molar-refractivity contribution >= 4 is 45.5 Å². The van der Waals surface area contributed by atoms with Crippen molar-refractivity contribution in [1.29, 1.82) is 0 Å². The van der Waals surface area contributed by atoms with E-state index in [9.17, 15) is 4.39 Å². The molecule has 0 unspecified atom stereocenters. The molecule has 2 aromatic carbocycles. The summed E-state index contributed by atoms with van der Waals surface area (Å²) < 4.78 is 18.1. The molecule has 0 bridgehead atoms. The Kier molecular flexibility index (Phi) is 6.05. The number of fused-ring (bicyclic) bond motifs is 1. The van der Waals surface area contributed by atoms with Crippen LogP contribution in [-0.2, 0) is 0 Å². The molecule has 0 radical (unpaired) electrons. The number of nitrogens with zero attached hydrogens (tertiary/aromatic N) is 3. The van der Waals surface area contributed by atoms with Crippen molar-refractivity contribution < 1.29 is 9.13 Å². The third kappa shape index (κ3) is 4.67. The lowest BCUT2D eigenvalue weighted by Gasteiger charge is -2.39. The molecule has 3 heterocycles. The van der Waals surface area contributed by atoms with Crippen molar-refractivity contribution in [3.63, 3.8) is 0 Å². The lowest BCUT2D eigenvalue weighted by molar-refractivity contribution is 0.150. The van der Waals surface area contributed by atoms with Gasteiger partial charge in [-0.2, -0.15) is 9.97 Å². The molecule has 9 nitrogen and oxygen atoms in total. The number of nitrogens with two attached hydrogens (primary N) is 1. The minimum atomic E-state index is -0.312. The molecule has 176 valence electrons. The summed E-state index contributed by atoms with van der Waals surface area (Å²) in [6.07, 6.45) is 1.82. The molecule has 34 heavy (non-hydrogen) atoms. The van der Waals surface area contributed by atoms with Crippen molar-refractivity contribution in [1.82, 2.24) is 19.9 Å². The second kappa shape index (κ2) is 9.44. The van der Waals surface area contributed by atoms with Crippen molar-refractivity contribution in [2.75, 3.05) is 55.1 Å². The molecule has 1 aliphatic heterocycles. The number of halogens is 1. The lowest BCUT2D eigenvalue weighted by Crippen LogP contribution is -2.55. The highest BCUT2D eigenvalue weighted by Gasteiger charge is 2.26. The summed E-state index contributed by atoms with van der Waals surface area (Å²) in [7, 11) is 1.62. The van der Waals surface area contributed by atoms with Crippen LogP contribution in [0.15, 0.2) is 54.7 Å². The van der Waals surface area contributed by atoms with Crippen molar-refractivity contribution in [2.24, 2.45) is 0 Å². The second-order valence-corrected chi connectivity index (χ2v) is 8.22. The number of likely N-dealkylation sites (tertiary alicyclic amines) is 1. The summed E-state index contributed by atoms with van der Waals surface area (Å²) in [5, 5.41) is 10.9. The van der Waals surface area contributed by atoms with E-state index in [1.54, 1.807) is 7.11 Å². The maximum Gasteiger partial charge on any atom is 0.231 e. The topological polar surface area (TPSA) is 116 Å². The Morgan fingerprint density at radius 1 is 1.12 bits per heavy atom. The Labute approximate surface area is 196 Å². The number of methoxy groups -OCH3 is 1. The Hall–Kier alpha value is -4.05. The number of hydrogen-bond acceptors (Lipinski definition) is 8. The summed E-state index contributed by atoms with van der Waals surface area (Å²) in [5.41, 5.74) is 9.79. The predicted octanol–water partition coefficient (Wildman–Crippen LogP) is 4.10. The Morgan fingerprint density at radius 2 is 2.00 bits per heavy atom. The van der Waals surface area contributed by atoms with Crippen LogP contribution in [0.1, 0.15) is 0 Å². The van der Waals surface area contributed by atoms with E-state index in [-0.39, 0.29) is 6.67 Å². The van der Waals surface area contributed by atoms with Crippen LogP contribution in [0.25, 0.3) is 11.0 Å². The minimum absolute atomic E-state index is 0.300. The molecular formula is C24H27FN8O. The van der Waals surface area contributed by atoms with E-state index in [0.717, 1.165) is 35.5 Å². The van der Waals surface area contributed by atoms with Gasteiger partial charge in [0.25, 0.3) is 0 Å². The number of benzene rings is 2. The molecule has 6 N–H and O–H groups in total. The van der Waals surface area contributed by atoms with Gasteiger partial charge in [0, 0.05) is 49.0 Å². The van der Waals surface area contributed by atoms with Crippen LogP contribution in [0.3, 0.4) is 0 Å². The smallest absolute Gasteiger partial charge is 0.231 e. The van der Waals surface area contributed by atoms with Gasteiger partial charge in [0.15, 0.2) is 0 Å². The molecule has 1 saturated heterocycles. The molecule has 0 aliphatic carbocycles. The summed E-state index contributed by atoms with van der Waals surface area (Å²) in [6.45, 7) is 1.84. The van der Waals surface area contributed by atoms with Gasteiger partial charge in [0.1, 0.15) is 23.9 Å². The first-order chi connectivity index (χ1) is 16.6. The highest BCUT2D eigenvalue weighted by molar-refractivity contribution is 5.90. The standard InChI is InChI=1S/C24H27FN8O/c1-34-21-12-17(28-18-13-33(14-18)10-8-25)5-6-20(21)30-24-31-22-19(7-9-27-22)23(32-24)29-16-4-2-3-15(26)11-16/h2-7,9,11-12,18,28H,8,10,13-14,26H2,1H3,(H3,27,29,30,31,32). The van der Waals surface area contributed by atoms with Crippen molar-refractivity contribution in [2.45, 2.75) is 6.04 Å². The average Bonchev–Trinajstić information content (AvgIpc) is 3.28. The number of alkyl halides is 1. The summed E-state index contributed by atoms with van der Waals surface area (Å²) in [4.78, 5) is 14.5. The largest absolute Gasteiger partial charge is 0.494 e. The van der Waals surface area contributed by atoms with Crippen LogP contribution in [0.4, 0.5) is 38.9 Å². The molecule has 0 atom stereocenters. The summed E-state index contributed by atoms with van der Waals surface area (Å²) in [6, 6.07) is 15.5. The zero-order valence-corrected chi connectivity index (χ0v) is 18.8. The number of rotatable bonds is 9. The van der Waals surface area contributed by atoms with E-state index in [4.69, 9.17) is 10.5 Å². The molecule has 1 fully saturated rings. The predicted molar refractivity (Wildman–Crippen MR) is 134 cm³/mol. The molecule has 1 aliphatic rings. The molecule has 10 heteroatoms. The fourth-order valence-corrected chi connectivity index (χ4v) is 4.05. The van der Waals surface area contributed by atoms with Gasteiger partial charge in [-0.25, -0.2) is 4.39 Å². The first-order valence-electron chi connectivity index (χ1n) is 11.1. The molecule has 0 saturated carbocycles. The van der Waals surface area contributed by atoms with Crippen LogP contribution >= 0.6 is 0 Å². The molecule has 0 amide bonds. The maximum atomic E-state index is 12.5. The van der Waals surface area contributed by atoms with Crippen LogP contribution in [-0.4, -0.2) is 59.3 Å². The number of aromatic amines is 1. The Morgan fingerprint density at radius 3 is 2.79 bits per heavy atom. The van der Waals surface area contributed by atoms with Gasteiger partial charge in [-0.15, -0.1) is 0 Å². The highest BCUT2D eigenvalue weighted by Crippen LogP contribution is 2.32. The van der Waals surface area contributed by atoms with Crippen LogP contribution in [0.2, 0.25) is 0 Å². The zero-order valence-electron chi connectivity index (χ0n) is 18.8. The third-order valence-corrected chi connectivity index (χ3v) is 5.74. The van der Waals surface area contributed by atoms with Crippen molar-refractivity contribution in [3.8, 4) is 5.75 Å². The Bertz CT molecular complexity index is 1290. The van der Waals surface area contributed by atoms with E-state index in [1.807, 2.05) is 54.7 Å². The number of H-pyrrole nitrogens is 1. The van der Waals surface area contributed by atoms with E-state index in [2.05, 4.69) is 35.8 Å². The van der Waals surface area contributed by atoms with Gasteiger partial charge < -0.3 is 31.4 Å². The van der Waals surface area contributed by atoms with E-state index in [0.29, 0.717) is 41.4 Å².